The standard InChI is InChI=1S/C17H18F2N4O2S/c18-13-7-4-8-14(19)12(13)9-20-23-16(11-5-2-1-3-6-11)21-22-17(23)26-10-15(24)25/h4,7-9,11H,1-3,5-6,10H2,(H,24,25). The smallest absolute Gasteiger partial charge is 0.313 e. The van der Waals surface area contributed by atoms with E-state index in [9.17, 15) is 13.6 Å². The molecule has 0 aliphatic heterocycles. The van der Waals surface area contributed by atoms with Crippen LogP contribution in [0.5, 0.6) is 0 Å². The van der Waals surface area contributed by atoms with Gasteiger partial charge in [-0.15, -0.1) is 10.2 Å². The highest BCUT2D eigenvalue weighted by atomic mass is 32.2. The maximum absolute atomic E-state index is 13.8. The predicted octanol–water partition coefficient (Wildman–Crippen LogP) is 3.66. The number of rotatable bonds is 6. The summed E-state index contributed by atoms with van der Waals surface area (Å²) in [6, 6.07) is 3.58. The maximum atomic E-state index is 13.8. The molecule has 9 heteroatoms. The second-order valence-corrected chi connectivity index (χ2v) is 6.99. The highest BCUT2D eigenvalue weighted by Gasteiger charge is 2.24. The summed E-state index contributed by atoms with van der Waals surface area (Å²) in [4.78, 5) is 10.8. The second-order valence-electron chi connectivity index (χ2n) is 6.05. The Bertz CT molecular complexity index is 799. The molecule has 1 aliphatic rings. The molecular formula is C17H18F2N4O2S. The number of thioether (sulfide) groups is 1. The molecule has 1 aromatic heterocycles. The number of hydrogen-bond acceptors (Lipinski definition) is 5. The molecule has 1 N–H and O–H groups in total. The number of carboxylic acid groups (broad SMARTS) is 1. The first-order valence-electron chi connectivity index (χ1n) is 8.34. The molecule has 26 heavy (non-hydrogen) atoms. The van der Waals surface area contributed by atoms with E-state index in [4.69, 9.17) is 5.11 Å². The van der Waals surface area contributed by atoms with Crippen LogP contribution in [0.1, 0.15) is 49.4 Å². The van der Waals surface area contributed by atoms with Gasteiger partial charge in [0.15, 0.2) is 5.82 Å². The Morgan fingerprint density at radius 3 is 2.62 bits per heavy atom. The van der Waals surface area contributed by atoms with Crippen molar-refractivity contribution in [2.45, 2.75) is 43.2 Å². The molecule has 1 saturated carbocycles. The lowest BCUT2D eigenvalue weighted by molar-refractivity contribution is -0.133. The first kappa shape index (κ1) is 18.5. The van der Waals surface area contributed by atoms with Crippen molar-refractivity contribution in [3.05, 3.63) is 41.2 Å². The molecule has 0 saturated heterocycles. The molecule has 0 radical (unpaired) electrons. The molecule has 1 aliphatic carbocycles. The summed E-state index contributed by atoms with van der Waals surface area (Å²) in [5.41, 5.74) is -0.259. The molecule has 138 valence electrons. The Morgan fingerprint density at radius 1 is 1.27 bits per heavy atom. The van der Waals surface area contributed by atoms with Crippen LogP contribution >= 0.6 is 11.8 Å². The van der Waals surface area contributed by atoms with Gasteiger partial charge in [0.2, 0.25) is 5.16 Å². The van der Waals surface area contributed by atoms with Crippen LogP contribution in [0.4, 0.5) is 8.78 Å². The Kier molecular flexibility index (Phi) is 5.97. The van der Waals surface area contributed by atoms with E-state index >= 15 is 0 Å². The number of hydrogen-bond donors (Lipinski definition) is 1. The van der Waals surface area contributed by atoms with Crippen LogP contribution in [-0.2, 0) is 4.79 Å². The van der Waals surface area contributed by atoms with Gasteiger partial charge in [0.25, 0.3) is 0 Å². The number of nitrogens with zero attached hydrogens (tertiary/aromatic N) is 4. The minimum Gasteiger partial charge on any atom is -0.481 e. The van der Waals surface area contributed by atoms with E-state index in [1.54, 1.807) is 0 Å². The topological polar surface area (TPSA) is 80.4 Å². The summed E-state index contributed by atoms with van der Waals surface area (Å²) in [7, 11) is 0. The fourth-order valence-corrected chi connectivity index (χ4v) is 3.58. The summed E-state index contributed by atoms with van der Waals surface area (Å²) in [5.74, 6) is -1.88. The van der Waals surface area contributed by atoms with Gasteiger partial charge < -0.3 is 5.11 Å². The highest BCUT2D eigenvalue weighted by molar-refractivity contribution is 7.99. The zero-order valence-corrected chi connectivity index (χ0v) is 14.8. The summed E-state index contributed by atoms with van der Waals surface area (Å²) < 4.78 is 29.1. The number of aliphatic carboxylic acids is 1. The third-order valence-corrected chi connectivity index (χ3v) is 5.14. The van der Waals surface area contributed by atoms with Crippen molar-refractivity contribution in [3.8, 4) is 0 Å². The number of halogens is 2. The lowest BCUT2D eigenvalue weighted by Crippen LogP contribution is -2.11. The molecule has 2 aromatic rings. The van der Waals surface area contributed by atoms with Gasteiger partial charge in [0.05, 0.1) is 17.5 Å². The van der Waals surface area contributed by atoms with E-state index in [0.29, 0.717) is 11.0 Å². The average Bonchev–Trinajstić information content (AvgIpc) is 3.03. The van der Waals surface area contributed by atoms with Crippen molar-refractivity contribution in [1.29, 1.82) is 0 Å². The van der Waals surface area contributed by atoms with Crippen molar-refractivity contribution >= 4 is 23.9 Å². The Morgan fingerprint density at radius 2 is 1.96 bits per heavy atom. The molecule has 0 unspecified atom stereocenters. The monoisotopic (exact) mass is 380 g/mol. The minimum atomic E-state index is -0.993. The van der Waals surface area contributed by atoms with E-state index < -0.39 is 17.6 Å². The van der Waals surface area contributed by atoms with Gasteiger partial charge in [-0.3, -0.25) is 4.79 Å². The van der Waals surface area contributed by atoms with E-state index in [1.165, 1.54) is 10.7 Å². The van der Waals surface area contributed by atoms with Gasteiger partial charge in [-0.2, -0.15) is 9.78 Å². The van der Waals surface area contributed by atoms with E-state index in [0.717, 1.165) is 62.2 Å². The molecule has 1 heterocycles. The largest absolute Gasteiger partial charge is 0.481 e. The molecule has 1 aromatic carbocycles. The molecule has 3 rings (SSSR count). The number of aromatic nitrogens is 3. The molecule has 6 nitrogen and oxygen atoms in total. The first-order valence-corrected chi connectivity index (χ1v) is 9.33. The lowest BCUT2D eigenvalue weighted by atomic mass is 9.89. The van der Waals surface area contributed by atoms with Crippen molar-refractivity contribution < 1.29 is 18.7 Å². The van der Waals surface area contributed by atoms with E-state index in [1.807, 2.05) is 0 Å². The number of carbonyl (C=O) groups is 1. The highest BCUT2D eigenvalue weighted by Crippen LogP contribution is 2.33. The van der Waals surface area contributed by atoms with Crippen LogP contribution in [0.25, 0.3) is 0 Å². The van der Waals surface area contributed by atoms with Gasteiger partial charge in [0, 0.05) is 5.92 Å². The second kappa shape index (κ2) is 8.39. The van der Waals surface area contributed by atoms with Gasteiger partial charge in [-0.1, -0.05) is 37.1 Å². The minimum absolute atomic E-state index is 0.151. The van der Waals surface area contributed by atoms with E-state index in [2.05, 4.69) is 15.3 Å². The van der Waals surface area contributed by atoms with Crippen molar-refractivity contribution in [2.24, 2.45) is 5.10 Å². The Labute approximate surface area is 153 Å². The molecule has 0 bridgehead atoms. The van der Waals surface area contributed by atoms with Crippen molar-refractivity contribution in [3.63, 3.8) is 0 Å². The summed E-state index contributed by atoms with van der Waals surface area (Å²) in [6.45, 7) is 0. The van der Waals surface area contributed by atoms with Crippen LogP contribution in [0.2, 0.25) is 0 Å². The van der Waals surface area contributed by atoms with E-state index in [-0.39, 0.29) is 17.2 Å². The quantitative estimate of drug-likeness (QED) is 0.611. The van der Waals surface area contributed by atoms with Crippen LogP contribution in [0, 0.1) is 11.6 Å². The Hall–Kier alpha value is -2.29. The zero-order valence-electron chi connectivity index (χ0n) is 13.9. The molecular weight excluding hydrogens is 362 g/mol. The third-order valence-electron chi connectivity index (χ3n) is 4.23. The Balaban J connectivity index is 1.94. The van der Waals surface area contributed by atoms with Crippen molar-refractivity contribution in [2.75, 3.05) is 5.75 Å². The molecule has 0 spiro atoms. The normalized spacial score (nSPS) is 15.6. The fourth-order valence-electron chi connectivity index (χ4n) is 2.97. The first-order chi connectivity index (χ1) is 12.6. The molecule has 0 amide bonds. The summed E-state index contributed by atoms with van der Waals surface area (Å²) in [6.07, 6.45) is 6.26. The summed E-state index contributed by atoms with van der Waals surface area (Å²) in [5, 5.41) is 21.6. The van der Waals surface area contributed by atoms with Gasteiger partial charge in [-0.05, 0) is 25.0 Å². The van der Waals surface area contributed by atoms with Crippen LogP contribution < -0.4 is 0 Å². The zero-order chi connectivity index (χ0) is 18.5. The summed E-state index contributed by atoms with van der Waals surface area (Å²) >= 11 is 0.972. The van der Waals surface area contributed by atoms with Gasteiger partial charge in [-0.25, -0.2) is 8.78 Å². The van der Waals surface area contributed by atoms with Gasteiger partial charge >= 0.3 is 5.97 Å². The number of benzene rings is 1. The fraction of sp³-hybridized carbons (Fsp3) is 0.412. The molecule has 0 atom stereocenters. The third kappa shape index (κ3) is 4.27. The SMILES string of the molecule is O=C(O)CSc1nnc(C2CCCCC2)n1N=Cc1c(F)cccc1F. The molecule has 1 fully saturated rings. The number of carboxylic acids is 1. The average molecular weight is 380 g/mol. The lowest BCUT2D eigenvalue weighted by Gasteiger charge is -2.20. The maximum Gasteiger partial charge on any atom is 0.313 e. The van der Waals surface area contributed by atoms with Gasteiger partial charge in [0.1, 0.15) is 11.6 Å². The van der Waals surface area contributed by atoms with Crippen LogP contribution in [0.3, 0.4) is 0 Å². The predicted molar refractivity (Wildman–Crippen MR) is 93.6 cm³/mol. The van der Waals surface area contributed by atoms with Crippen LogP contribution in [0.15, 0.2) is 28.5 Å². The van der Waals surface area contributed by atoms with Crippen molar-refractivity contribution in [1.82, 2.24) is 14.9 Å². The van der Waals surface area contributed by atoms with Crippen LogP contribution in [-0.4, -0.2) is 37.9 Å².